The highest BCUT2D eigenvalue weighted by molar-refractivity contribution is 7.89. The number of carbonyl (C=O) groups excluding carboxylic acids is 2. The number of Topliss-reactive ketones (excluding diaryl/α,β-unsaturated/α-hetero) is 1. The lowest BCUT2D eigenvalue weighted by Crippen LogP contribution is -2.45. The summed E-state index contributed by atoms with van der Waals surface area (Å²) in [5, 5.41) is 2.75. The molecule has 0 fully saturated rings. The minimum Gasteiger partial charge on any atom is -0.325 e. The lowest BCUT2D eigenvalue weighted by molar-refractivity contribution is -0.117. The molecule has 3 aromatic rings. The maximum absolute atomic E-state index is 13.4. The van der Waals surface area contributed by atoms with Crippen LogP contribution in [0.25, 0.3) is 0 Å². The summed E-state index contributed by atoms with van der Waals surface area (Å²) < 4.78 is 29.3. The van der Waals surface area contributed by atoms with Gasteiger partial charge in [0.25, 0.3) is 0 Å². The predicted molar refractivity (Wildman–Crippen MR) is 130 cm³/mol. The van der Waals surface area contributed by atoms with Crippen molar-refractivity contribution in [3.8, 4) is 0 Å². The highest BCUT2D eigenvalue weighted by atomic mass is 32.2. The maximum Gasteiger partial charge on any atom is 0.242 e. The fourth-order valence-corrected chi connectivity index (χ4v) is 5.57. The third-order valence-electron chi connectivity index (χ3n) is 5.31. The standard InChI is InChI=1S/C26H28N2O4S/c1-17-13-18(2)25(19(3)14-17)33(31,32)28-24(15-21-9-6-5-7-10-21)26(30)27-23-12-8-11-22(16-23)20(4)29/h5-14,16,24,28H,15H2,1-4H3,(H,27,30)/t24-/m1/s1. The highest BCUT2D eigenvalue weighted by Crippen LogP contribution is 2.22. The molecule has 3 rings (SSSR count). The van der Waals surface area contributed by atoms with Gasteiger partial charge in [-0.05, 0) is 62.9 Å². The quantitative estimate of drug-likeness (QED) is 0.485. The lowest BCUT2D eigenvalue weighted by atomic mass is 10.1. The van der Waals surface area contributed by atoms with Crippen molar-refractivity contribution in [3.05, 3.63) is 94.5 Å². The van der Waals surface area contributed by atoms with Crippen LogP contribution in [-0.4, -0.2) is 26.2 Å². The van der Waals surface area contributed by atoms with Crippen LogP contribution in [0, 0.1) is 20.8 Å². The molecule has 0 saturated heterocycles. The van der Waals surface area contributed by atoms with Gasteiger partial charge in [0.05, 0.1) is 4.90 Å². The third kappa shape index (κ3) is 6.15. The molecular weight excluding hydrogens is 436 g/mol. The Kier molecular flexibility index (Phi) is 7.46. The van der Waals surface area contributed by atoms with E-state index in [0.29, 0.717) is 22.4 Å². The molecule has 0 radical (unpaired) electrons. The van der Waals surface area contributed by atoms with Gasteiger partial charge in [0.2, 0.25) is 15.9 Å². The van der Waals surface area contributed by atoms with Crippen molar-refractivity contribution in [1.29, 1.82) is 0 Å². The Morgan fingerprint density at radius 3 is 2.12 bits per heavy atom. The Morgan fingerprint density at radius 1 is 0.879 bits per heavy atom. The van der Waals surface area contributed by atoms with Crippen molar-refractivity contribution in [2.24, 2.45) is 0 Å². The molecule has 2 N–H and O–H groups in total. The molecule has 0 unspecified atom stereocenters. The van der Waals surface area contributed by atoms with E-state index in [-0.39, 0.29) is 17.1 Å². The molecule has 0 bridgehead atoms. The molecule has 0 aliphatic heterocycles. The number of hydrogen-bond acceptors (Lipinski definition) is 4. The van der Waals surface area contributed by atoms with Crippen molar-refractivity contribution >= 4 is 27.4 Å². The van der Waals surface area contributed by atoms with Crippen LogP contribution in [0.15, 0.2) is 71.6 Å². The molecule has 7 heteroatoms. The highest BCUT2D eigenvalue weighted by Gasteiger charge is 2.28. The summed E-state index contributed by atoms with van der Waals surface area (Å²) in [5.74, 6) is -0.636. The second-order valence-corrected chi connectivity index (χ2v) is 9.87. The van der Waals surface area contributed by atoms with Gasteiger partial charge in [-0.2, -0.15) is 4.72 Å². The van der Waals surface area contributed by atoms with Crippen molar-refractivity contribution in [2.45, 2.75) is 45.1 Å². The molecule has 0 aliphatic rings. The zero-order chi connectivity index (χ0) is 24.2. The molecule has 1 atom stereocenters. The minimum atomic E-state index is -3.98. The summed E-state index contributed by atoms with van der Waals surface area (Å²) >= 11 is 0. The molecule has 0 spiro atoms. The Bertz CT molecular complexity index is 1260. The first kappa shape index (κ1) is 24.4. The minimum absolute atomic E-state index is 0.127. The molecule has 0 aromatic heterocycles. The fraction of sp³-hybridized carbons (Fsp3) is 0.231. The Morgan fingerprint density at radius 2 is 1.52 bits per heavy atom. The van der Waals surface area contributed by atoms with Crippen LogP contribution >= 0.6 is 0 Å². The average molecular weight is 465 g/mol. The van der Waals surface area contributed by atoms with Crippen LogP contribution in [0.4, 0.5) is 5.69 Å². The van der Waals surface area contributed by atoms with Crippen LogP contribution in [0.1, 0.15) is 39.5 Å². The topological polar surface area (TPSA) is 92.3 Å². The van der Waals surface area contributed by atoms with Gasteiger partial charge >= 0.3 is 0 Å². The monoisotopic (exact) mass is 464 g/mol. The molecule has 3 aromatic carbocycles. The fourth-order valence-electron chi connectivity index (χ4n) is 3.92. The molecule has 0 saturated carbocycles. The van der Waals surface area contributed by atoms with Gasteiger partial charge in [0, 0.05) is 11.3 Å². The Balaban J connectivity index is 1.94. The van der Waals surface area contributed by atoms with Crippen LogP contribution in [0.3, 0.4) is 0 Å². The number of amides is 1. The van der Waals surface area contributed by atoms with Crippen molar-refractivity contribution in [2.75, 3.05) is 5.32 Å². The van der Waals surface area contributed by atoms with Gasteiger partial charge in [0.15, 0.2) is 5.78 Å². The van der Waals surface area contributed by atoms with Crippen molar-refractivity contribution < 1.29 is 18.0 Å². The van der Waals surface area contributed by atoms with E-state index in [1.54, 1.807) is 50.2 Å². The van der Waals surface area contributed by atoms with E-state index in [0.717, 1.165) is 11.1 Å². The van der Waals surface area contributed by atoms with E-state index < -0.39 is 22.0 Å². The van der Waals surface area contributed by atoms with E-state index in [1.165, 1.54) is 6.92 Å². The molecule has 0 aliphatic carbocycles. The first-order valence-corrected chi connectivity index (χ1v) is 12.1. The summed E-state index contributed by atoms with van der Waals surface area (Å²) in [4.78, 5) is 25.1. The van der Waals surface area contributed by atoms with Gasteiger partial charge in [0.1, 0.15) is 6.04 Å². The van der Waals surface area contributed by atoms with E-state index >= 15 is 0 Å². The summed E-state index contributed by atoms with van der Waals surface area (Å²) in [6, 6.07) is 18.3. The third-order valence-corrected chi connectivity index (χ3v) is 7.08. The zero-order valence-electron chi connectivity index (χ0n) is 19.2. The number of hydrogen-bond donors (Lipinski definition) is 2. The van der Waals surface area contributed by atoms with Gasteiger partial charge in [-0.15, -0.1) is 0 Å². The van der Waals surface area contributed by atoms with E-state index in [1.807, 2.05) is 37.3 Å². The number of anilines is 1. The van der Waals surface area contributed by atoms with Gasteiger partial charge in [-0.3, -0.25) is 9.59 Å². The Hall–Kier alpha value is -3.29. The number of aryl methyl sites for hydroxylation is 3. The first-order valence-electron chi connectivity index (χ1n) is 10.6. The summed E-state index contributed by atoms with van der Waals surface area (Å²) in [6.45, 7) is 6.84. The average Bonchev–Trinajstić information content (AvgIpc) is 2.73. The largest absolute Gasteiger partial charge is 0.325 e. The van der Waals surface area contributed by atoms with E-state index in [4.69, 9.17) is 0 Å². The molecular formula is C26H28N2O4S. The molecule has 1 amide bonds. The van der Waals surface area contributed by atoms with Crippen LogP contribution in [0.2, 0.25) is 0 Å². The number of carbonyl (C=O) groups is 2. The van der Waals surface area contributed by atoms with Crippen molar-refractivity contribution in [3.63, 3.8) is 0 Å². The predicted octanol–water partition coefficient (Wildman–Crippen LogP) is 4.34. The maximum atomic E-state index is 13.4. The normalized spacial score (nSPS) is 12.2. The second-order valence-electron chi connectivity index (χ2n) is 8.22. The van der Waals surface area contributed by atoms with Crippen LogP contribution < -0.4 is 10.0 Å². The van der Waals surface area contributed by atoms with Gasteiger partial charge in [-0.1, -0.05) is 60.2 Å². The summed E-state index contributed by atoms with van der Waals surface area (Å²) in [6.07, 6.45) is 0.169. The van der Waals surface area contributed by atoms with Crippen LogP contribution in [0.5, 0.6) is 0 Å². The second kappa shape index (κ2) is 10.1. The van der Waals surface area contributed by atoms with Gasteiger partial charge < -0.3 is 5.32 Å². The number of sulfonamides is 1. The molecule has 172 valence electrons. The molecule has 6 nitrogen and oxygen atoms in total. The molecule has 0 heterocycles. The summed E-state index contributed by atoms with van der Waals surface area (Å²) in [5.41, 5.74) is 3.90. The lowest BCUT2D eigenvalue weighted by Gasteiger charge is -2.21. The van der Waals surface area contributed by atoms with E-state index in [9.17, 15) is 18.0 Å². The number of nitrogens with one attached hydrogen (secondary N) is 2. The number of rotatable bonds is 8. The summed E-state index contributed by atoms with van der Waals surface area (Å²) in [7, 11) is -3.98. The number of benzene rings is 3. The first-order chi connectivity index (χ1) is 15.6. The van der Waals surface area contributed by atoms with Crippen molar-refractivity contribution in [1.82, 2.24) is 4.72 Å². The van der Waals surface area contributed by atoms with E-state index in [2.05, 4.69) is 10.0 Å². The number of ketones is 1. The SMILES string of the molecule is CC(=O)c1cccc(NC(=O)[C@@H](Cc2ccccc2)NS(=O)(=O)c2c(C)cc(C)cc2C)c1. The van der Waals surface area contributed by atoms with Gasteiger partial charge in [-0.25, -0.2) is 8.42 Å². The smallest absolute Gasteiger partial charge is 0.242 e. The Labute approximate surface area is 195 Å². The van der Waals surface area contributed by atoms with Crippen LogP contribution in [-0.2, 0) is 21.2 Å². The zero-order valence-corrected chi connectivity index (χ0v) is 20.0. The molecule has 33 heavy (non-hydrogen) atoms.